The van der Waals surface area contributed by atoms with Crippen LogP contribution >= 0.6 is 11.8 Å². The fourth-order valence-electron chi connectivity index (χ4n) is 2.29. The molecule has 0 atom stereocenters. The Morgan fingerprint density at radius 2 is 1.85 bits per heavy atom. The number of methoxy groups -OCH3 is 1. The molecule has 9 heteroatoms. The zero-order chi connectivity index (χ0) is 18.6. The number of halogens is 3. The molecule has 0 radical (unpaired) electrons. The van der Waals surface area contributed by atoms with Crippen LogP contribution in [0.1, 0.15) is 16.7 Å². The van der Waals surface area contributed by atoms with Crippen LogP contribution in [0.15, 0.2) is 53.7 Å². The van der Waals surface area contributed by atoms with Crippen LogP contribution in [-0.2, 0) is 18.5 Å². The summed E-state index contributed by atoms with van der Waals surface area (Å²) in [5.41, 5.74) is 0.885. The van der Waals surface area contributed by atoms with E-state index in [9.17, 15) is 13.2 Å². The fourth-order valence-corrected chi connectivity index (χ4v) is 3.11. The number of rotatable bonds is 6. The van der Waals surface area contributed by atoms with E-state index in [-0.39, 0.29) is 0 Å². The third kappa shape index (κ3) is 4.54. The van der Waals surface area contributed by atoms with Crippen molar-refractivity contribution in [3.8, 4) is 5.75 Å². The first-order valence-corrected chi connectivity index (χ1v) is 8.62. The van der Waals surface area contributed by atoms with Gasteiger partial charge in [-0.2, -0.15) is 13.2 Å². The standard InChI is InChI=1S/C17H15F3N4OS/c1-25-15-7-5-12(6-8-15)10-24-16(21-22-23-24)26-11-13-3-2-4-14(9-13)17(18,19)20/h2-9H,10-11H2,1H3. The lowest BCUT2D eigenvalue weighted by Crippen LogP contribution is -2.05. The van der Waals surface area contributed by atoms with Gasteiger partial charge >= 0.3 is 6.18 Å². The summed E-state index contributed by atoms with van der Waals surface area (Å²) in [6.07, 6.45) is -4.35. The Kier molecular flexibility index (Phi) is 5.46. The maximum absolute atomic E-state index is 12.8. The molecule has 0 amide bonds. The average Bonchev–Trinajstić information content (AvgIpc) is 3.07. The molecule has 0 saturated heterocycles. The minimum Gasteiger partial charge on any atom is -0.497 e. The number of ether oxygens (including phenoxy) is 1. The molecule has 0 N–H and O–H groups in total. The van der Waals surface area contributed by atoms with Gasteiger partial charge in [-0.1, -0.05) is 42.1 Å². The molecule has 0 aliphatic rings. The molecule has 0 fully saturated rings. The maximum atomic E-state index is 12.8. The monoisotopic (exact) mass is 380 g/mol. The topological polar surface area (TPSA) is 52.8 Å². The molecule has 3 rings (SSSR count). The molecular formula is C17H15F3N4OS. The summed E-state index contributed by atoms with van der Waals surface area (Å²) in [7, 11) is 1.60. The van der Waals surface area contributed by atoms with E-state index in [0.717, 1.165) is 23.4 Å². The lowest BCUT2D eigenvalue weighted by Gasteiger charge is -2.09. The van der Waals surface area contributed by atoms with Gasteiger partial charge in [0.05, 0.1) is 19.2 Å². The Balaban J connectivity index is 1.67. The van der Waals surface area contributed by atoms with Gasteiger partial charge in [0, 0.05) is 5.75 Å². The van der Waals surface area contributed by atoms with Gasteiger partial charge in [0.2, 0.25) is 5.16 Å². The fraction of sp³-hybridized carbons (Fsp3) is 0.235. The van der Waals surface area contributed by atoms with Gasteiger partial charge in [0.1, 0.15) is 5.75 Å². The van der Waals surface area contributed by atoms with Crippen molar-refractivity contribution in [2.45, 2.75) is 23.6 Å². The summed E-state index contributed by atoms with van der Waals surface area (Å²) in [5.74, 6) is 1.09. The van der Waals surface area contributed by atoms with Crippen molar-refractivity contribution in [2.75, 3.05) is 7.11 Å². The van der Waals surface area contributed by atoms with Crippen molar-refractivity contribution in [2.24, 2.45) is 0 Å². The number of hydrogen-bond acceptors (Lipinski definition) is 5. The summed E-state index contributed by atoms with van der Waals surface area (Å²) in [5, 5.41) is 12.1. The second-order valence-electron chi connectivity index (χ2n) is 5.45. The van der Waals surface area contributed by atoms with Gasteiger partial charge in [-0.05, 0) is 39.8 Å². The van der Waals surface area contributed by atoms with Crippen LogP contribution in [0.3, 0.4) is 0 Å². The van der Waals surface area contributed by atoms with Gasteiger partial charge < -0.3 is 4.74 Å². The molecule has 136 valence electrons. The lowest BCUT2D eigenvalue weighted by atomic mass is 10.1. The maximum Gasteiger partial charge on any atom is 0.416 e. The Hall–Kier alpha value is -2.55. The highest BCUT2D eigenvalue weighted by molar-refractivity contribution is 7.98. The van der Waals surface area contributed by atoms with Gasteiger partial charge in [-0.3, -0.25) is 0 Å². The number of aromatic nitrogens is 4. The highest BCUT2D eigenvalue weighted by atomic mass is 32.2. The third-order valence-electron chi connectivity index (χ3n) is 3.61. The molecule has 26 heavy (non-hydrogen) atoms. The smallest absolute Gasteiger partial charge is 0.416 e. The number of benzene rings is 2. The highest BCUT2D eigenvalue weighted by Crippen LogP contribution is 2.31. The van der Waals surface area contributed by atoms with Crippen molar-refractivity contribution in [3.63, 3.8) is 0 Å². The van der Waals surface area contributed by atoms with Crippen LogP contribution in [0.2, 0.25) is 0 Å². The Bertz CT molecular complexity index is 865. The zero-order valence-electron chi connectivity index (χ0n) is 13.8. The molecule has 0 saturated carbocycles. The number of thioether (sulfide) groups is 1. The quantitative estimate of drug-likeness (QED) is 0.604. The predicted octanol–water partition coefficient (Wildman–Crippen LogP) is 4.04. The second kappa shape index (κ2) is 7.77. The average molecular weight is 380 g/mol. The van der Waals surface area contributed by atoms with Crippen LogP contribution in [0, 0.1) is 0 Å². The van der Waals surface area contributed by atoms with Crippen LogP contribution in [0.25, 0.3) is 0 Å². The molecule has 2 aromatic carbocycles. The summed E-state index contributed by atoms with van der Waals surface area (Å²) < 4.78 is 45.1. The second-order valence-corrected chi connectivity index (χ2v) is 6.40. The molecule has 5 nitrogen and oxygen atoms in total. The minimum atomic E-state index is -4.35. The van der Waals surface area contributed by atoms with E-state index < -0.39 is 11.7 Å². The highest BCUT2D eigenvalue weighted by Gasteiger charge is 2.30. The summed E-state index contributed by atoms with van der Waals surface area (Å²) in [6, 6.07) is 12.7. The predicted molar refractivity (Wildman–Crippen MR) is 90.9 cm³/mol. The summed E-state index contributed by atoms with van der Waals surface area (Å²) >= 11 is 1.29. The SMILES string of the molecule is COc1ccc(Cn2nnnc2SCc2cccc(C(F)(F)F)c2)cc1. The van der Waals surface area contributed by atoms with Gasteiger partial charge in [-0.25, -0.2) is 4.68 Å². The van der Waals surface area contributed by atoms with E-state index in [1.807, 2.05) is 24.3 Å². The van der Waals surface area contributed by atoms with Crippen molar-refractivity contribution in [1.82, 2.24) is 20.2 Å². The molecule has 1 aromatic heterocycles. The number of alkyl halides is 3. The first-order chi connectivity index (χ1) is 12.5. The van der Waals surface area contributed by atoms with Crippen molar-refractivity contribution < 1.29 is 17.9 Å². The van der Waals surface area contributed by atoms with Gasteiger partial charge in [0.25, 0.3) is 0 Å². The van der Waals surface area contributed by atoms with Gasteiger partial charge in [-0.15, -0.1) is 5.10 Å². The lowest BCUT2D eigenvalue weighted by molar-refractivity contribution is -0.137. The van der Waals surface area contributed by atoms with Crippen LogP contribution in [0.4, 0.5) is 13.2 Å². The summed E-state index contributed by atoms with van der Waals surface area (Å²) in [6.45, 7) is 0.460. The van der Waals surface area contributed by atoms with Crippen molar-refractivity contribution >= 4 is 11.8 Å². The largest absolute Gasteiger partial charge is 0.497 e. The molecule has 1 heterocycles. The van der Waals surface area contributed by atoms with E-state index in [2.05, 4.69) is 15.5 Å². The number of tetrazole rings is 1. The molecule has 0 bridgehead atoms. The Morgan fingerprint density at radius 3 is 2.54 bits per heavy atom. The normalized spacial score (nSPS) is 11.5. The Labute approximate surface area is 152 Å². The minimum absolute atomic E-state index is 0.340. The molecule has 0 aliphatic heterocycles. The van der Waals surface area contributed by atoms with E-state index in [0.29, 0.717) is 23.0 Å². The van der Waals surface area contributed by atoms with E-state index >= 15 is 0 Å². The van der Waals surface area contributed by atoms with E-state index in [1.54, 1.807) is 17.9 Å². The van der Waals surface area contributed by atoms with Crippen LogP contribution in [-0.4, -0.2) is 27.3 Å². The van der Waals surface area contributed by atoms with Crippen molar-refractivity contribution in [3.05, 3.63) is 65.2 Å². The Morgan fingerprint density at radius 1 is 1.08 bits per heavy atom. The first-order valence-electron chi connectivity index (χ1n) is 7.64. The number of hydrogen-bond donors (Lipinski definition) is 0. The van der Waals surface area contributed by atoms with Crippen molar-refractivity contribution in [1.29, 1.82) is 0 Å². The molecule has 3 aromatic rings. The molecular weight excluding hydrogens is 365 g/mol. The molecule has 0 aliphatic carbocycles. The van der Waals surface area contributed by atoms with Crippen LogP contribution < -0.4 is 4.74 Å². The molecule has 0 spiro atoms. The third-order valence-corrected chi connectivity index (χ3v) is 4.64. The van der Waals surface area contributed by atoms with E-state index in [4.69, 9.17) is 4.74 Å². The molecule has 0 unspecified atom stereocenters. The van der Waals surface area contributed by atoms with Gasteiger partial charge in [0.15, 0.2) is 0 Å². The van der Waals surface area contributed by atoms with E-state index in [1.165, 1.54) is 17.8 Å². The summed E-state index contributed by atoms with van der Waals surface area (Å²) in [4.78, 5) is 0. The number of nitrogens with zero attached hydrogens (tertiary/aromatic N) is 4. The first kappa shape index (κ1) is 18.2. The zero-order valence-corrected chi connectivity index (χ0v) is 14.6. The van der Waals surface area contributed by atoms with Crippen LogP contribution in [0.5, 0.6) is 5.75 Å².